The Morgan fingerprint density at radius 2 is 2.00 bits per heavy atom. The molecule has 3 rings (SSSR count). The monoisotopic (exact) mass is 368 g/mol. The number of ether oxygens (including phenoxy) is 1. The largest absolute Gasteiger partial charge is 0.497 e. The molecular weight excluding hydrogens is 340 g/mol. The lowest BCUT2D eigenvalue weighted by Crippen LogP contribution is -2.38. The first-order chi connectivity index (χ1) is 13.0. The molecule has 2 heterocycles. The SMILES string of the molecule is CCC(=O)N1CCCCC1c1nc(N(C)C)ncc1-c1ccc(OC)cc1. The number of rotatable bonds is 5. The van der Waals surface area contributed by atoms with Crippen LogP contribution < -0.4 is 9.64 Å². The van der Waals surface area contributed by atoms with Crippen LogP contribution in [0.5, 0.6) is 5.75 Å². The topological polar surface area (TPSA) is 58.6 Å². The molecule has 1 aromatic heterocycles. The van der Waals surface area contributed by atoms with Crippen molar-refractivity contribution in [1.29, 1.82) is 0 Å². The second kappa shape index (κ2) is 8.37. The highest BCUT2D eigenvalue weighted by Crippen LogP contribution is 2.37. The van der Waals surface area contributed by atoms with Gasteiger partial charge in [0, 0.05) is 38.8 Å². The Labute approximate surface area is 161 Å². The molecule has 1 aliphatic heterocycles. The van der Waals surface area contributed by atoms with Gasteiger partial charge in [-0.3, -0.25) is 4.79 Å². The van der Waals surface area contributed by atoms with Crippen LogP contribution in [0.25, 0.3) is 11.1 Å². The average Bonchev–Trinajstić information content (AvgIpc) is 2.72. The maximum absolute atomic E-state index is 12.6. The van der Waals surface area contributed by atoms with Crippen molar-refractivity contribution in [1.82, 2.24) is 14.9 Å². The predicted molar refractivity (Wildman–Crippen MR) is 107 cm³/mol. The summed E-state index contributed by atoms with van der Waals surface area (Å²) in [5.74, 6) is 1.66. The molecule has 1 amide bonds. The number of carbonyl (C=O) groups is 1. The van der Waals surface area contributed by atoms with Gasteiger partial charge in [0.15, 0.2) is 0 Å². The number of nitrogens with zero attached hydrogens (tertiary/aromatic N) is 4. The van der Waals surface area contributed by atoms with Crippen LogP contribution in [0.2, 0.25) is 0 Å². The summed E-state index contributed by atoms with van der Waals surface area (Å²) in [6.07, 6.45) is 5.47. The van der Waals surface area contributed by atoms with E-state index in [0.717, 1.165) is 48.4 Å². The Morgan fingerprint density at radius 1 is 1.26 bits per heavy atom. The van der Waals surface area contributed by atoms with Gasteiger partial charge in [-0.25, -0.2) is 9.97 Å². The average molecular weight is 368 g/mol. The molecule has 1 atom stereocenters. The van der Waals surface area contributed by atoms with Gasteiger partial charge < -0.3 is 14.5 Å². The molecule has 0 aliphatic carbocycles. The molecule has 144 valence electrons. The van der Waals surface area contributed by atoms with Crippen LogP contribution in [0.3, 0.4) is 0 Å². The van der Waals surface area contributed by atoms with Crippen molar-refractivity contribution in [3.8, 4) is 16.9 Å². The van der Waals surface area contributed by atoms with Crippen LogP contribution in [0.1, 0.15) is 44.3 Å². The van der Waals surface area contributed by atoms with Gasteiger partial charge in [-0.1, -0.05) is 19.1 Å². The number of amides is 1. The fraction of sp³-hybridized carbons (Fsp3) is 0.476. The van der Waals surface area contributed by atoms with E-state index < -0.39 is 0 Å². The third kappa shape index (κ3) is 4.04. The van der Waals surface area contributed by atoms with Crippen molar-refractivity contribution in [3.05, 3.63) is 36.2 Å². The summed E-state index contributed by atoms with van der Waals surface area (Å²) in [5, 5.41) is 0. The fourth-order valence-electron chi connectivity index (χ4n) is 3.57. The summed E-state index contributed by atoms with van der Waals surface area (Å²) in [5.41, 5.74) is 2.94. The van der Waals surface area contributed by atoms with Gasteiger partial charge >= 0.3 is 0 Å². The van der Waals surface area contributed by atoms with Crippen LogP contribution in [-0.4, -0.2) is 48.5 Å². The first kappa shape index (κ1) is 19.1. The molecular formula is C21H28N4O2. The Hall–Kier alpha value is -2.63. The van der Waals surface area contributed by atoms with Gasteiger partial charge in [0.2, 0.25) is 11.9 Å². The Morgan fingerprint density at radius 3 is 2.63 bits per heavy atom. The zero-order chi connectivity index (χ0) is 19.4. The van der Waals surface area contributed by atoms with Crippen molar-refractivity contribution in [3.63, 3.8) is 0 Å². The number of likely N-dealkylation sites (tertiary alicyclic amines) is 1. The lowest BCUT2D eigenvalue weighted by Gasteiger charge is -2.36. The van der Waals surface area contributed by atoms with Crippen LogP contribution in [0.15, 0.2) is 30.5 Å². The number of aromatic nitrogens is 2. The maximum atomic E-state index is 12.6. The van der Waals surface area contributed by atoms with Gasteiger partial charge in [0.05, 0.1) is 18.8 Å². The van der Waals surface area contributed by atoms with E-state index in [1.165, 1.54) is 0 Å². The highest BCUT2D eigenvalue weighted by atomic mass is 16.5. The minimum Gasteiger partial charge on any atom is -0.497 e. The first-order valence-electron chi connectivity index (χ1n) is 9.53. The molecule has 0 spiro atoms. The van der Waals surface area contributed by atoms with Crippen LogP contribution in [0.4, 0.5) is 5.95 Å². The van der Waals surface area contributed by atoms with Gasteiger partial charge in [-0.05, 0) is 37.0 Å². The van der Waals surface area contributed by atoms with Crippen molar-refractivity contribution < 1.29 is 9.53 Å². The number of hydrogen-bond acceptors (Lipinski definition) is 5. The fourth-order valence-corrected chi connectivity index (χ4v) is 3.57. The van der Waals surface area contributed by atoms with Crippen molar-refractivity contribution >= 4 is 11.9 Å². The zero-order valence-corrected chi connectivity index (χ0v) is 16.6. The predicted octanol–water partition coefficient (Wildman–Crippen LogP) is 3.68. The lowest BCUT2D eigenvalue weighted by atomic mass is 9.93. The summed E-state index contributed by atoms with van der Waals surface area (Å²) in [6.45, 7) is 2.71. The molecule has 1 aliphatic rings. The molecule has 6 nitrogen and oxygen atoms in total. The quantitative estimate of drug-likeness (QED) is 0.806. The van der Waals surface area contributed by atoms with Gasteiger partial charge in [-0.2, -0.15) is 0 Å². The Kier molecular flexibility index (Phi) is 5.94. The molecule has 1 unspecified atom stereocenters. The molecule has 0 N–H and O–H groups in total. The van der Waals surface area contributed by atoms with E-state index in [0.29, 0.717) is 12.4 Å². The van der Waals surface area contributed by atoms with E-state index in [-0.39, 0.29) is 11.9 Å². The van der Waals surface area contributed by atoms with Crippen LogP contribution in [-0.2, 0) is 4.79 Å². The van der Waals surface area contributed by atoms with E-state index in [1.54, 1.807) is 7.11 Å². The van der Waals surface area contributed by atoms with Crippen molar-refractivity contribution in [2.75, 3.05) is 32.6 Å². The molecule has 1 fully saturated rings. The molecule has 0 radical (unpaired) electrons. The highest BCUT2D eigenvalue weighted by molar-refractivity contribution is 5.77. The smallest absolute Gasteiger partial charge is 0.225 e. The molecule has 6 heteroatoms. The van der Waals surface area contributed by atoms with E-state index in [9.17, 15) is 4.79 Å². The molecule has 27 heavy (non-hydrogen) atoms. The lowest BCUT2D eigenvalue weighted by molar-refractivity contribution is -0.134. The second-order valence-corrected chi connectivity index (χ2v) is 7.04. The number of anilines is 1. The molecule has 1 saturated heterocycles. The first-order valence-corrected chi connectivity index (χ1v) is 9.53. The number of methoxy groups -OCH3 is 1. The van der Waals surface area contributed by atoms with E-state index >= 15 is 0 Å². The number of carbonyl (C=O) groups excluding carboxylic acids is 1. The summed E-state index contributed by atoms with van der Waals surface area (Å²) < 4.78 is 5.27. The van der Waals surface area contributed by atoms with Crippen molar-refractivity contribution in [2.45, 2.75) is 38.6 Å². The standard InChI is InChI=1S/C21H28N4O2/c1-5-19(26)25-13-7-6-8-18(25)20-17(14-22-21(23-20)24(2)3)15-9-11-16(27-4)12-10-15/h9-12,14,18H,5-8,13H2,1-4H3. The van der Waals surface area contributed by atoms with E-state index in [2.05, 4.69) is 4.98 Å². The van der Waals surface area contributed by atoms with Gasteiger partial charge in [0.1, 0.15) is 5.75 Å². The zero-order valence-electron chi connectivity index (χ0n) is 16.6. The molecule has 1 aromatic carbocycles. The summed E-state index contributed by atoms with van der Waals surface area (Å²) in [7, 11) is 5.52. The maximum Gasteiger partial charge on any atom is 0.225 e. The highest BCUT2D eigenvalue weighted by Gasteiger charge is 2.30. The second-order valence-electron chi connectivity index (χ2n) is 7.04. The number of hydrogen-bond donors (Lipinski definition) is 0. The number of benzene rings is 1. The third-order valence-corrected chi connectivity index (χ3v) is 5.05. The van der Waals surface area contributed by atoms with Crippen molar-refractivity contribution in [2.24, 2.45) is 0 Å². The van der Waals surface area contributed by atoms with Crippen LogP contribution in [0, 0.1) is 0 Å². The van der Waals surface area contributed by atoms with E-state index in [1.807, 2.05) is 61.3 Å². The minimum absolute atomic E-state index is 0.00926. The van der Waals surface area contributed by atoms with E-state index in [4.69, 9.17) is 9.72 Å². The normalized spacial score (nSPS) is 16.9. The Bertz CT molecular complexity index is 789. The summed E-state index contributed by atoms with van der Waals surface area (Å²) in [6, 6.07) is 7.91. The minimum atomic E-state index is -0.00926. The summed E-state index contributed by atoms with van der Waals surface area (Å²) >= 11 is 0. The molecule has 2 aromatic rings. The number of piperidine rings is 1. The Balaban J connectivity index is 2.09. The molecule has 0 bridgehead atoms. The van der Waals surface area contributed by atoms with Crippen LogP contribution >= 0.6 is 0 Å². The summed E-state index contributed by atoms with van der Waals surface area (Å²) in [4.78, 5) is 25.8. The van der Waals surface area contributed by atoms with Gasteiger partial charge in [-0.15, -0.1) is 0 Å². The molecule has 0 saturated carbocycles. The van der Waals surface area contributed by atoms with Gasteiger partial charge in [0.25, 0.3) is 0 Å². The third-order valence-electron chi connectivity index (χ3n) is 5.05.